The number of thiophene rings is 1. The smallest absolute Gasteiger partial charge is 0.271 e. The molecule has 0 saturated carbocycles. The van der Waals surface area contributed by atoms with Gasteiger partial charge in [0.25, 0.3) is 5.69 Å². The van der Waals surface area contributed by atoms with E-state index in [4.69, 9.17) is 4.99 Å². The van der Waals surface area contributed by atoms with Gasteiger partial charge in [-0.25, -0.2) is 0 Å². The van der Waals surface area contributed by atoms with E-state index >= 15 is 0 Å². The zero-order valence-electron chi connectivity index (χ0n) is 22.9. The first-order chi connectivity index (χ1) is 20.9. The van der Waals surface area contributed by atoms with Gasteiger partial charge in [0.2, 0.25) is 11.8 Å². The molecule has 0 aliphatic carbocycles. The van der Waals surface area contributed by atoms with Gasteiger partial charge >= 0.3 is 0 Å². The number of carbonyl (C=O) groups is 2. The molecule has 1 aromatic heterocycles. The third kappa shape index (κ3) is 6.27. The summed E-state index contributed by atoms with van der Waals surface area (Å²) in [6.45, 7) is 0. The standard InChI is InChI=1S/C34H26N4O4S/c39-32(21-27-10-6-18-43-27)35-25-14-12-23(13-15-25)33-29-17-16-26(38(41)42)20-30(29)37-34(40)31(36-33)19-24-9-4-5-11-28(24)22-7-2-1-3-8-22/h1-18,20,31H,19,21H2,(H,35,39)(H,37,40). The van der Waals surface area contributed by atoms with E-state index in [1.54, 1.807) is 18.2 Å². The third-order valence-electron chi connectivity index (χ3n) is 7.19. The number of benzodiazepines with no additional fused rings is 1. The van der Waals surface area contributed by atoms with Crippen molar-refractivity contribution in [3.05, 3.63) is 146 Å². The Morgan fingerprint density at radius 1 is 0.884 bits per heavy atom. The highest BCUT2D eigenvalue weighted by molar-refractivity contribution is 7.10. The number of nitro groups is 1. The molecular weight excluding hydrogens is 560 g/mol. The summed E-state index contributed by atoms with van der Waals surface area (Å²) in [5.74, 6) is -0.469. The van der Waals surface area contributed by atoms with Crippen molar-refractivity contribution in [1.29, 1.82) is 0 Å². The van der Waals surface area contributed by atoms with Crippen molar-refractivity contribution in [2.75, 3.05) is 10.6 Å². The molecule has 1 atom stereocenters. The Kier molecular flexibility index (Phi) is 7.88. The summed E-state index contributed by atoms with van der Waals surface area (Å²) < 4.78 is 0. The first kappa shape index (κ1) is 27.7. The molecule has 9 heteroatoms. The van der Waals surface area contributed by atoms with Crippen LogP contribution < -0.4 is 10.6 Å². The zero-order valence-corrected chi connectivity index (χ0v) is 23.7. The van der Waals surface area contributed by atoms with Crippen molar-refractivity contribution >= 4 is 45.9 Å². The molecule has 8 nitrogen and oxygen atoms in total. The van der Waals surface area contributed by atoms with Gasteiger partial charge in [-0.2, -0.15) is 0 Å². The molecule has 4 aromatic carbocycles. The minimum absolute atomic E-state index is 0.119. The monoisotopic (exact) mass is 586 g/mol. The molecule has 0 radical (unpaired) electrons. The Morgan fingerprint density at radius 3 is 2.40 bits per heavy atom. The lowest BCUT2D eigenvalue weighted by Crippen LogP contribution is -2.27. The predicted molar refractivity (Wildman–Crippen MR) is 170 cm³/mol. The Labute approximate surface area is 251 Å². The fraction of sp³-hybridized carbons (Fsp3) is 0.0882. The number of fused-ring (bicyclic) bond motifs is 1. The van der Waals surface area contributed by atoms with Crippen molar-refractivity contribution < 1.29 is 14.5 Å². The summed E-state index contributed by atoms with van der Waals surface area (Å²) in [7, 11) is 0. The molecule has 1 aliphatic heterocycles. The number of anilines is 2. The molecule has 1 unspecified atom stereocenters. The van der Waals surface area contributed by atoms with Crippen LogP contribution in [0.3, 0.4) is 0 Å². The molecule has 0 saturated heterocycles. The maximum atomic E-state index is 13.6. The topological polar surface area (TPSA) is 114 Å². The molecule has 5 aromatic rings. The first-order valence-electron chi connectivity index (χ1n) is 13.7. The van der Waals surface area contributed by atoms with Crippen molar-refractivity contribution in [1.82, 2.24) is 0 Å². The van der Waals surface area contributed by atoms with Gasteiger partial charge in [0.1, 0.15) is 6.04 Å². The average molecular weight is 587 g/mol. The van der Waals surface area contributed by atoms with Crippen molar-refractivity contribution in [2.24, 2.45) is 4.99 Å². The van der Waals surface area contributed by atoms with E-state index in [1.165, 1.54) is 23.5 Å². The highest BCUT2D eigenvalue weighted by Crippen LogP contribution is 2.31. The lowest BCUT2D eigenvalue weighted by molar-refractivity contribution is -0.384. The van der Waals surface area contributed by atoms with Gasteiger partial charge in [0.15, 0.2) is 0 Å². The Bertz CT molecular complexity index is 1830. The van der Waals surface area contributed by atoms with Crippen LogP contribution in [0.5, 0.6) is 0 Å². The number of hydrogen-bond acceptors (Lipinski definition) is 6. The predicted octanol–water partition coefficient (Wildman–Crippen LogP) is 6.91. The molecular formula is C34H26N4O4S. The fourth-order valence-electron chi connectivity index (χ4n) is 5.12. The Hall–Kier alpha value is -5.41. The first-order valence-corrected chi connectivity index (χ1v) is 14.6. The quantitative estimate of drug-likeness (QED) is 0.152. The second-order valence-corrected chi connectivity index (χ2v) is 11.1. The highest BCUT2D eigenvalue weighted by atomic mass is 32.1. The van der Waals surface area contributed by atoms with Crippen LogP contribution in [-0.2, 0) is 22.4 Å². The molecule has 0 spiro atoms. The lowest BCUT2D eigenvalue weighted by Gasteiger charge is -2.15. The van der Waals surface area contributed by atoms with Gasteiger partial charge in [-0.1, -0.05) is 72.8 Å². The van der Waals surface area contributed by atoms with E-state index in [-0.39, 0.29) is 23.9 Å². The van der Waals surface area contributed by atoms with E-state index in [9.17, 15) is 19.7 Å². The molecule has 0 fully saturated rings. The average Bonchev–Trinajstić information content (AvgIpc) is 3.48. The maximum absolute atomic E-state index is 13.6. The second kappa shape index (κ2) is 12.2. The molecule has 212 valence electrons. The van der Waals surface area contributed by atoms with Gasteiger partial charge in [-0.15, -0.1) is 11.3 Å². The summed E-state index contributed by atoms with van der Waals surface area (Å²) in [5, 5.41) is 19.3. The SMILES string of the molecule is O=C(Cc1cccs1)Nc1ccc(C2=NC(Cc3ccccc3-c3ccccc3)C(=O)Nc3cc([N+](=O)[O-])ccc32)cc1. The lowest BCUT2D eigenvalue weighted by atomic mass is 9.95. The van der Waals surface area contributed by atoms with Crippen LogP contribution in [0.1, 0.15) is 21.6 Å². The summed E-state index contributed by atoms with van der Waals surface area (Å²) in [5.41, 5.74) is 5.64. The van der Waals surface area contributed by atoms with E-state index in [1.807, 2.05) is 84.2 Å². The number of benzene rings is 4. The Balaban J connectivity index is 1.35. The number of nitro benzene ring substituents is 1. The summed E-state index contributed by atoms with van der Waals surface area (Å²) in [4.78, 5) is 43.1. The molecule has 2 amide bonds. The molecule has 0 bridgehead atoms. The van der Waals surface area contributed by atoms with Crippen LogP contribution in [0.2, 0.25) is 0 Å². The minimum Gasteiger partial charge on any atom is -0.326 e. The molecule has 2 heterocycles. The number of nitrogens with one attached hydrogen (secondary N) is 2. The summed E-state index contributed by atoms with van der Waals surface area (Å²) >= 11 is 1.53. The van der Waals surface area contributed by atoms with Crippen molar-refractivity contribution in [3.8, 4) is 11.1 Å². The molecule has 1 aliphatic rings. The minimum atomic E-state index is -0.795. The van der Waals surface area contributed by atoms with E-state index in [0.29, 0.717) is 34.6 Å². The maximum Gasteiger partial charge on any atom is 0.271 e. The van der Waals surface area contributed by atoms with Crippen LogP contribution in [0, 0.1) is 10.1 Å². The Morgan fingerprint density at radius 2 is 1.65 bits per heavy atom. The summed E-state index contributed by atoms with van der Waals surface area (Å²) in [6, 6.07) is 32.5. The van der Waals surface area contributed by atoms with Crippen LogP contribution in [0.15, 0.2) is 120 Å². The molecule has 43 heavy (non-hydrogen) atoms. The van der Waals surface area contributed by atoms with Gasteiger partial charge in [-0.05, 0) is 46.3 Å². The van der Waals surface area contributed by atoms with Gasteiger partial charge in [0, 0.05) is 40.2 Å². The number of amides is 2. The van der Waals surface area contributed by atoms with Gasteiger partial charge in [-0.3, -0.25) is 24.7 Å². The van der Waals surface area contributed by atoms with Crippen LogP contribution in [0.4, 0.5) is 17.1 Å². The van der Waals surface area contributed by atoms with Gasteiger partial charge in [0.05, 0.1) is 22.7 Å². The van der Waals surface area contributed by atoms with Gasteiger partial charge < -0.3 is 10.6 Å². The van der Waals surface area contributed by atoms with E-state index < -0.39 is 11.0 Å². The van der Waals surface area contributed by atoms with Crippen molar-refractivity contribution in [3.63, 3.8) is 0 Å². The van der Waals surface area contributed by atoms with Crippen LogP contribution >= 0.6 is 11.3 Å². The largest absolute Gasteiger partial charge is 0.326 e. The van der Waals surface area contributed by atoms with Crippen LogP contribution in [0.25, 0.3) is 11.1 Å². The number of aliphatic imine (C=N–C) groups is 1. The number of carbonyl (C=O) groups excluding carboxylic acids is 2. The van der Waals surface area contributed by atoms with Crippen molar-refractivity contribution in [2.45, 2.75) is 18.9 Å². The third-order valence-corrected chi connectivity index (χ3v) is 8.06. The molecule has 6 rings (SSSR count). The zero-order chi connectivity index (χ0) is 29.8. The number of non-ortho nitro benzene ring substituents is 1. The number of nitrogens with zero attached hydrogens (tertiary/aromatic N) is 2. The number of hydrogen-bond donors (Lipinski definition) is 2. The van der Waals surface area contributed by atoms with E-state index in [2.05, 4.69) is 10.6 Å². The normalized spacial score (nSPS) is 14.2. The van der Waals surface area contributed by atoms with E-state index in [0.717, 1.165) is 21.6 Å². The second-order valence-electron chi connectivity index (χ2n) is 10.1. The molecule has 2 N–H and O–H groups in total. The number of rotatable bonds is 8. The fourth-order valence-corrected chi connectivity index (χ4v) is 5.82. The summed E-state index contributed by atoms with van der Waals surface area (Å²) in [6.07, 6.45) is 0.617. The highest BCUT2D eigenvalue weighted by Gasteiger charge is 2.28. The van der Waals surface area contributed by atoms with Crippen LogP contribution in [-0.4, -0.2) is 28.5 Å².